The number of aromatic nitrogens is 2. The Bertz CT molecular complexity index is 1190. The van der Waals surface area contributed by atoms with Crippen LogP contribution in [0.25, 0.3) is 10.2 Å². The zero-order valence-electron chi connectivity index (χ0n) is 15.2. The maximum absolute atomic E-state index is 13.0. The van der Waals surface area contributed by atoms with Crippen LogP contribution < -0.4 is 10.9 Å². The van der Waals surface area contributed by atoms with Crippen LogP contribution in [-0.2, 0) is 24.2 Å². The molecule has 4 rings (SSSR count). The smallest absolute Gasteiger partial charge is 0.262 e. The highest BCUT2D eigenvalue weighted by molar-refractivity contribution is 7.18. The van der Waals surface area contributed by atoms with E-state index in [1.807, 2.05) is 6.07 Å². The number of carbonyl (C=O) groups excluding carboxylic acids is 1. The minimum atomic E-state index is -0.359. The highest BCUT2D eigenvalue weighted by atomic mass is 35.5. The van der Waals surface area contributed by atoms with Crippen molar-refractivity contribution in [3.05, 3.63) is 55.9 Å². The van der Waals surface area contributed by atoms with Gasteiger partial charge in [-0.25, -0.2) is 4.98 Å². The highest BCUT2D eigenvalue weighted by Crippen LogP contribution is 2.35. The molecule has 8 heteroatoms. The van der Waals surface area contributed by atoms with Gasteiger partial charge in [-0.15, -0.1) is 11.3 Å². The lowest BCUT2D eigenvalue weighted by Crippen LogP contribution is -2.28. The number of amides is 1. The number of anilines is 1. The van der Waals surface area contributed by atoms with E-state index in [0.717, 1.165) is 29.7 Å². The van der Waals surface area contributed by atoms with E-state index < -0.39 is 0 Å². The Kier molecular flexibility index (Phi) is 4.92. The van der Waals surface area contributed by atoms with Gasteiger partial charge in [-0.3, -0.25) is 14.2 Å². The van der Waals surface area contributed by atoms with E-state index >= 15 is 0 Å². The number of thiophene rings is 1. The molecule has 1 amide bonds. The van der Waals surface area contributed by atoms with Crippen LogP contribution in [0.15, 0.2) is 29.3 Å². The van der Waals surface area contributed by atoms with Gasteiger partial charge in [0.2, 0.25) is 5.91 Å². The molecule has 0 bridgehead atoms. The fourth-order valence-corrected chi connectivity index (χ4v) is 5.08. The average molecular weight is 413 g/mol. The summed E-state index contributed by atoms with van der Waals surface area (Å²) in [5.41, 5.74) is 1.73. The van der Waals surface area contributed by atoms with Crippen LogP contribution in [0.1, 0.15) is 29.3 Å². The van der Waals surface area contributed by atoms with Crippen LogP contribution in [0.2, 0.25) is 5.02 Å². The molecule has 0 radical (unpaired) electrons. The number of carbonyl (C=O) groups is 1. The Hall–Kier alpha value is -2.69. The standard InChI is InChI=1S/C20H17ClN4O2S/c1-11-2-5-14-16(6-11)28-19-18(14)20(27)25(10-23-19)9-17(26)24-13-4-3-12(8-22)15(21)7-13/h3-4,7,10-11H,2,5-6,9H2,1H3,(H,24,26). The van der Waals surface area contributed by atoms with Gasteiger partial charge in [-0.2, -0.15) is 5.26 Å². The molecule has 28 heavy (non-hydrogen) atoms. The molecular weight excluding hydrogens is 396 g/mol. The second-order valence-electron chi connectivity index (χ2n) is 7.06. The summed E-state index contributed by atoms with van der Waals surface area (Å²) in [6, 6.07) is 6.62. The van der Waals surface area contributed by atoms with Crippen molar-refractivity contribution in [3.8, 4) is 6.07 Å². The number of aryl methyl sites for hydroxylation is 1. The van der Waals surface area contributed by atoms with Crippen molar-refractivity contribution in [1.82, 2.24) is 9.55 Å². The monoisotopic (exact) mass is 412 g/mol. The largest absolute Gasteiger partial charge is 0.324 e. The topological polar surface area (TPSA) is 87.8 Å². The molecule has 0 spiro atoms. The van der Waals surface area contributed by atoms with Crippen molar-refractivity contribution in [2.75, 3.05) is 5.32 Å². The van der Waals surface area contributed by atoms with Gasteiger partial charge in [0.05, 0.1) is 22.3 Å². The molecule has 6 nitrogen and oxygen atoms in total. The summed E-state index contributed by atoms with van der Waals surface area (Å²) in [5.74, 6) is 0.259. The van der Waals surface area contributed by atoms with E-state index in [1.54, 1.807) is 17.4 Å². The van der Waals surface area contributed by atoms with Gasteiger partial charge in [-0.05, 0) is 48.9 Å². The highest BCUT2D eigenvalue weighted by Gasteiger charge is 2.23. The van der Waals surface area contributed by atoms with Crippen molar-refractivity contribution >= 4 is 44.7 Å². The first-order valence-corrected chi connectivity index (χ1v) is 10.1. The van der Waals surface area contributed by atoms with Crippen molar-refractivity contribution in [3.63, 3.8) is 0 Å². The van der Waals surface area contributed by atoms with Gasteiger partial charge in [-0.1, -0.05) is 18.5 Å². The van der Waals surface area contributed by atoms with Crippen LogP contribution in [0.4, 0.5) is 5.69 Å². The Morgan fingerprint density at radius 2 is 2.32 bits per heavy atom. The molecule has 0 aliphatic heterocycles. The zero-order valence-corrected chi connectivity index (χ0v) is 16.7. The van der Waals surface area contributed by atoms with Crippen molar-refractivity contribution in [2.24, 2.45) is 5.92 Å². The normalized spacial score (nSPS) is 15.8. The van der Waals surface area contributed by atoms with Gasteiger partial charge >= 0.3 is 0 Å². The maximum Gasteiger partial charge on any atom is 0.262 e. The minimum Gasteiger partial charge on any atom is -0.324 e. The first-order valence-electron chi connectivity index (χ1n) is 8.95. The average Bonchev–Trinajstić information content (AvgIpc) is 3.02. The maximum atomic E-state index is 13.0. The number of rotatable bonds is 3. The van der Waals surface area contributed by atoms with E-state index in [9.17, 15) is 9.59 Å². The first kappa shape index (κ1) is 18.7. The number of hydrogen-bond acceptors (Lipinski definition) is 5. The molecule has 1 aliphatic carbocycles. The first-order chi connectivity index (χ1) is 13.5. The Morgan fingerprint density at radius 1 is 1.50 bits per heavy atom. The quantitative estimate of drug-likeness (QED) is 0.709. The molecular formula is C20H17ClN4O2S. The van der Waals surface area contributed by atoms with Gasteiger partial charge in [0.15, 0.2) is 0 Å². The fraction of sp³-hybridized carbons (Fsp3) is 0.300. The molecule has 3 aromatic rings. The lowest BCUT2D eigenvalue weighted by molar-refractivity contribution is -0.116. The third-order valence-corrected chi connectivity index (χ3v) is 6.44. The summed E-state index contributed by atoms with van der Waals surface area (Å²) < 4.78 is 1.34. The summed E-state index contributed by atoms with van der Waals surface area (Å²) in [6.07, 6.45) is 4.36. The Balaban J connectivity index is 1.59. The van der Waals surface area contributed by atoms with E-state index in [0.29, 0.717) is 22.6 Å². The van der Waals surface area contributed by atoms with Crippen LogP contribution in [0, 0.1) is 17.2 Å². The number of benzene rings is 1. The molecule has 1 unspecified atom stereocenters. The fourth-order valence-electron chi connectivity index (χ4n) is 3.52. The zero-order chi connectivity index (χ0) is 19.8. The number of nitriles is 1. The van der Waals surface area contributed by atoms with Crippen molar-refractivity contribution in [1.29, 1.82) is 5.26 Å². The number of nitrogens with one attached hydrogen (secondary N) is 1. The number of fused-ring (bicyclic) bond motifs is 3. The van der Waals surface area contributed by atoms with Gasteiger partial charge < -0.3 is 5.32 Å². The summed E-state index contributed by atoms with van der Waals surface area (Å²) >= 11 is 7.58. The minimum absolute atomic E-state index is 0.138. The number of halogens is 1. The van der Waals surface area contributed by atoms with Crippen LogP contribution in [0.5, 0.6) is 0 Å². The predicted octanol–water partition coefficient (Wildman–Crippen LogP) is 3.75. The molecule has 0 saturated heterocycles. The Labute approximate surface area is 170 Å². The summed E-state index contributed by atoms with van der Waals surface area (Å²) in [6.45, 7) is 2.08. The summed E-state index contributed by atoms with van der Waals surface area (Å²) in [4.78, 5) is 31.8. The third-order valence-electron chi connectivity index (χ3n) is 4.97. The van der Waals surface area contributed by atoms with Gasteiger partial charge in [0.25, 0.3) is 5.56 Å². The van der Waals surface area contributed by atoms with Crippen LogP contribution in [-0.4, -0.2) is 15.5 Å². The van der Waals surface area contributed by atoms with Gasteiger partial charge in [0, 0.05) is 10.6 Å². The molecule has 1 N–H and O–H groups in total. The second kappa shape index (κ2) is 7.38. The summed E-state index contributed by atoms with van der Waals surface area (Å²) in [7, 11) is 0. The molecule has 2 heterocycles. The predicted molar refractivity (Wildman–Crippen MR) is 110 cm³/mol. The number of nitrogens with zero attached hydrogens (tertiary/aromatic N) is 3. The van der Waals surface area contributed by atoms with Crippen molar-refractivity contribution in [2.45, 2.75) is 32.7 Å². The molecule has 0 fully saturated rings. The van der Waals surface area contributed by atoms with E-state index in [4.69, 9.17) is 16.9 Å². The molecule has 1 atom stereocenters. The van der Waals surface area contributed by atoms with Gasteiger partial charge in [0.1, 0.15) is 17.4 Å². The SMILES string of the molecule is CC1CCc2c(sc3ncn(CC(=O)Nc4ccc(C#N)c(Cl)c4)c(=O)c23)C1. The summed E-state index contributed by atoms with van der Waals surface area (Å²) in [5, 5.41) is 12.5. The molecule has 2 aromatic heterocycles. The molecule has 0 saturated carbocycles. The molecule has 142 valence electrons. The van der Waals surface area contributed by atoms with Crippen molar-refractivity contribution < 1.29 is 4.79 Å². The van der Waals surface area contributed by atoms with Crippen LogP contribution in [0.3, 0.4) is 0 Å². The molecule has 1 aromatic carbocycles. The van der Waals surface area contributed by atoms with E-state index in [2.05, 4.69) is 17.2 Å². The second-order valence-corrected chi connectivity index (χ2v) is 8.55. The number of hydrogen-bond donors (Lipinski definition) is 1. The van der Waals surface area contributed by atoms with E-state index in [1.165, 1.54) is 27.9 Å². The Morgan fingerprint density at radius 3 is 3.07 bits per heavy atom. The third kappa shape index (κ3) is 3.41. The molecule has 1 aliphatic rings. The van der Waals surface area contributed by atoms with Crippen LogP contribution >= 0.6 is 22.9 Å². The lowest BCUT2D eigenvalue weighted by atomic mass is 9.89. The van der Waals surface area contributed by atoms with E-state index in [-0.39, 0.29) is 23.0 Å². The lowest BCUT2D eigenvalue weighted by Gasteiger charge is -2.17.